The lowest BCUT2D eigenvalue weighted by Crippen LogP contribution is -2.46. The molecule has 1 N–H and O–H groups in total. The van der Waals surface area contributed by atoms with E-state index in [2.05, 4.69) is 10.3 Å². The third kappa shape index (κ3) is 5.52. The first kappa shape index (κ1) is 23.5. The Bertz CT molecular complexity index is 1290. The van der Waals surface area contributed by atoms with E-state index in [1.807, 2.05) is 102 Å². The van der Waals surface area contributed by atoms with E-state index in [1.165, 1.54) is 11.1 Å². The summed E-state index contributed by atoms with van der Waals surface area (Å²) in [6.07, 6.45) is 5.28. The molecule has 5 nitrogen and oxygen atoms in total. The Kier molecular flexibility index (Phi) is 7.17. The molecule has 0 aliphatic carbocycles. The van der Waals surface area contributed by atoms with E-state index >= 15 is 0 Å². The molecule has 5 rings (SSSR count). The summed E-state index contributed by atoms with van der Waals surface area (Å²) in [5.41, 5.74) is 5.15. The Morgan fingerprint density at radius 2 is 1.44 bits per heavy atom. The maximum absolute atomic E-state index is 13.6. The number of likely N-dealkylation sites (tertiary alicyclic amines) is 1. The van der Waals surface area contributed by atoms with Crippen LogP contribution in [0.15, 0.2) is 109 Å². The van der Waals surface area contributed by atoms with Crippen molar-refractivity contribution in [3.63, 3.8) is 0 Å². The van der Waals surface area contributed by atoms with Crippen LogP contribution in [0.5, 0.6) is 0 Å². The molecular weight excluding hydrogens is 446 g/mol. The number of nitrogens with one attached hydrogen (secondary N) is 1. The SMILES string of the molecule is O=C(Nc1ccc(Cc2ccncc2)cc1)C1CCC(=O)N(Cc2ccccc2)C1c1ccccc1. The van der Waals surface area contributed by atoms with Crippen LogP contribution in [0.25, 0.3) is 0 Å². The highest BCUT2D eigenvalue weighted by molar-refractivity contribution is 5.94. The predicted molar refractivity (Wildman–Crippen MR) is 141 cm³/mol. The number of amides is 2. The maximum atomic E-state index is 13.6. The van der Waals surface area contributed by atoms with Gasteiger partial charge < -0.3 is 10.2 Å². The molecule has 5 heteroatoms. The highest BCUT2D eigenvalue weighted by Crippen LogP contribution is 2.38. The van der Waals surface area contributed by atoms with E-state index in [1.54, 1.807) is 12.4 Å². The van der Waals surface area contributed by atoms with Crippen molar-refractivity contribution in [2.75, 3.05) is 5.32 Å². The molecule has 1 aliphatic rings. The normalized spacial score (nSPS) is 17.6. The second-order valence-electron chi connectivity index (χ2n) is 9.23. The molecule has 2 unspecified atom stereocenters. The first-order valence-corrected chi connectivity index (χ1v) is 12.3. The lowest BCUT2D eigenvalue weighted by molar-refractivity contribution is -0.142. The third-order valence-electron chi connectivity index (χ3n) is 6.76. The van der Waals surface area contributed by atoms with Gasteiger partial charge in [0, 0.05) is 31.0 Å². The second-order valence-corrected chi connectivity index (χ2v) is 9.23. The van der Waals surface area contributed by atoms with E-state index in [0.29, 0.717) is 19.4 Å². The van der Waals surface area contributed by atoms with E-state index in [-0.39, 0.29) is 23.8 Å². The largest absolute Gasteiger partial charge is 0.331 e. The van der Waals surface area contributed by atoms with Gasteiger partial charge in [-0.15, -0.1) is 0 Å². The van der Waals surface area contributed by atoms with Gasteiger partial charge in [-0.05, 0) is 59.4 Å². The molecule has 1 aliphatic heterocycles. The molecule has 0 spiro atoms. The van der Waals surface area contributed by atoms with Crippen LogP contribution in [-0.4, -0.2) is 21.7 Å². The Labute approximate surface area is 211 Å². The van der Waals surface area contributed by atoms with Crippen molar-refractivity contribution in [3.8, 4) is 0 Å². The maximum Gasteiger partial charge on any atom is 0.229 e. The molecule has 1 aromatic heterocycles. The number of hydrogen-bond acceptors (Lipinski definition) is 3. The second kappa shape index (κ2) is 11.0. The van der Waals surface area contributed by atoms with Crippen LogP contribution in [0.1, 0.15) is 41.1 Å². The molecule has 2 atom stereocenters. The molecule has 36 heavy (non-hydrogen) atoms. The first-order chi connectivity index (χ1) is 17.7. The molecule has 0 saturated carbocycles. The molecule has 4 aromatic rings. The average molecular weight is 476 g/mol. The van der Waals surface area contributed by atoms with Crippen molar-refractivity contribution < 1.29 is 9.59 Å². The quantitative estimate of drug-likeness (QED) is 0.368. The summed E-state index contributed by atoms with van der Waals surface area (Å²) < 4.78 is 0. The standard InChI is InChI=1S/C31H29N3O2/c35-29-16-15-28(30(26-9-5-2-6-10-26)34(29)22-25-7-3-1-4-8-25)31(36)33-27-13-11-23(12-14-27)21-24-17-19-32-20-18-24/h1-14,17-20,28,30H,15-16,21-22H2,(H,33,36). The summed E-state index contributed by atoms with van der Waals surface area (Å²) >= 11 is 0. The Morgan fingerprint density at radius 1 is 0.806 bits per heavy atom. The fraction of sp³-hybridized carbons (Fsp3) is 0.194. The van der Waals surface area contributed by atoms with Crippen LogP contribution in [-0.2, 0) is 22.6 Å². The van der Waals surface area contributed by atoms with Crippen LogP contribution in [0, 0.1) is 5.92 Å². The van der Waals surface area contributed by atoms with Gasteiger partial charge in [0.1, 0.15) is 0 Å². The topological polar surface area (TPSA) is 62.3 Å². The van der Waals surface area contributed by atoms with Crippen molar-refractivity contribution in [3.05, 3.63) is 132 Å². The molecule has 3 aromatic carbocycles. The zero-order valence-corrected chi connectivity index (χ0v) is 20.1. The smallest absolute Gasteiger partial charge is 0.229 e. The van der Waals surface area contributed by atoms with Gasteiger partial charge in [0.15, 0.2) is 0 Å². The Balaban J connectivity index is 1.35. The Hall–Kier alpha value is -4.25. The summed E-state index contributed by atoms with van der Waals surface area (Å²) in [4.78, 5) is 32.6. The summed E-state index contributed by atoms with van der Waals surface area (Å²) in [7, 11) is 0. The van der Waals surface area contributed by atoms with Crippen LogP contribution < -0.4 is 5.32 Å². The van der Waals surface area contributed by atoms with E-state index in [9.17, 15) is 9.59 Å². The highest BCUT2D eigenvalue weighted by atomic mass is 16.2. The van der Waals surface area contributed by atoms with Crippen LogP contribution in [0.3, 0.4) is 0 Å². The van der Waals surface area contributed by atoms with Crippen molar-refractivity contribution in [2.24, 2.45) is 5.92 Å². The van der Waals surface area contributed by atoms with Crippen LogP contribution in [0.2, 0.25) is 0 Å². The van der Waals surface area contributed by atoms with Gasteiger partial charge in [-0.3, -0.25) is 14.6 Å². The number of carbonyl (C=O) groups is 2. The molecule has 2 amide bonds. The molecular formula is C31H29N3O2. The van der Waals surface area contributed by atoms with Crippen molar-refractivity contribution >= 4 is 17.5 Å². The molecule has 180 valence electrons. The zero-order valence-electron chi connectivity index (χ0n) is 20.1. The first-order valence-electron chi connectivity index (χ1n) is 12.3. The van der Waals surface area contributed by atoms with Crippen molar-refractivity contribution in [2.45, 2.75) is 31.8 Å². The molecule has 2 heterocycles. The number of anilines is 1. The van der Waals surface area contributed by atoms with Gasteiger partial charge in [0.2, 0.25) is 11.8 Å². The van der Waals surface area contributed by atoms with Gasteiger partial charge in [0.25, 0.3) is 0 Å². The molecule has 0 bridgehead atoms. The molecule has 0 radical (unpaired) electrons. The van der Waals surface area contributed by atoms with E-state index < -0.39 is 0 Å². The van der Waals surface area contributed by atoms with E-state index in [4.69, 9.17) is 0 Å². The van der Waals surface area contributed by atoms with Gasteiger partial charge in [-0.1, -0.05) is 72.8 Å². The minimum Gasteiger partial charge on any atom is -0.331 e. The number of hydrogen-bond donors (Lipinski definition) is 1. The number of pyridine rings is 1. The average Bonchev–Trinajstić information content (AvgIpc) is 2.92. The fourth-order valence-electron chi connectivity index (χ4n) is 4.93. The Morgan fingerprint density at radius 3 is 2.14 bits per heavy atom. The van der Waals surface area contributed by atoms with Crippen LogP contribution >= 0.6 is 0 Å². The zero-order chi connectivity index (χ0) is 24.7. The number of aromatic nitrogens is 1. The summed E-state index contributed by atoms with van der Waals surface area (Å²) in [6.45, 7) is 0.479. The lowest BCUT2D eigenvalue weighted by atomic mass is 9.83. The van der Waals surface area contributed by atoms with Crippen molar-refractivity contribution in [1.82, 2.24) is 9.88 Å². The number of carbonyl (C=O) groups excluding carboxylic acids is 2. The van der Waals surface area contributed by atoms with Crippen molar-refractivity contribution in [1.29, 1.82) is 0 Å². The number of nitrogens with zero attached hydrogens (tertiary/aromatic N) is 2. The predicted octanol–water partition coefficient (Wildman–Crippen LogP) is 5.79. The minimum absolute atomic E-state index is 0.0590. The van der Waals surface area contributed by atoms with Gasteiger partial charge >= 0.3 is 0 Å². The lowest BCUT2D eigenvalue weighted by Gasteiger charge is -2.41. The molecule has 1 fully saturated rings. The van der Waals surface area contributed by atoms with Crippen LogP contribution in [0.4, 0.5) is 5.69 Å². The number of benzene rings is 3. The summed E-state index contributed by atoms with van der Waals surface area (Å²) in [6, 6.07) is 31.5. The fourth-order valence-corrected chi connectivity index (χ4v) is 4.93. The van der Waals surface area contributed by atoms with Gasteiger partial charge in [-0.2, -0.15) is 0 Å². The molecule has 1 saturated heterocycles. The third-order valence-corrected chi connectivity index (χ3v) is 6.76. The highest BCUT2D eigenvalue weighted by Gasteiger charge is 2.40. The summed E-state index contributed by atoms with van der Waals surface area (Å²) in [5.74, 6) is -0.321. The van der Waals surface area contributed by atoms with Gasteiger partial charge in [0.05, 0.1) is 12.0 Å². The minimum atomic E-state index is -0.342. The van der Waals surface area contributed by atoms with E-state index in [0.717, 1.165) is 23.2 Å². The number of rotatable bonds is 7. The monoisotopic (exact) mass is 475 g/mol. The van der Waals surface area contributed by atoms with Gasteiger partial charge in [-0.25, -0.2) is 0 Å². The number of piperidine rings is 1. The summed E-state index contributed by atoms with van der Waals surface area (Å²) in [5, 5.41) is 3.11.